The van der Waals surface area contributed by atoms with E-state index in [0.717, 1.165) is 30.3 Å². The first kappa shape index (κ1) is 21.3. The molecular weight excluding hydrogens is 420 g/mol. The van der Waals surface area contributed by atoms with Crippen LogP contribution in [0.25, 0.3) is 0 Å². The third-order valence-electron chi connectivity index (χ3n) is 5.59. The quantitative estimate of drug-likeness (QED) is 0.561. The molecule has 2 aromatic rings. The Kier molecular flexibility index (Phi) is 6.72. The lowest BCUT2D eigenvalue weighted by Crippen LogP contribution is -2.40. The molecule has 7 nitrogen and oxygen atoms in total. The predicted molar refractivity (Wildman–Crippen MR) is 119 cm³/mol. The normalized spacial score (nSPS) is 21.2. The molecule has 2 fully saturated rings. The lowest BCUT2D eigenvalue weighted by atomic mass is 9.99. The number of nitrogens with zero attached hydrogens (tertiary/aromatic N) is 3. The van der Waals surface area contributed by atoms with E-state index in [0.29, 0.717) is 43.0 Å². The Hall–Kier alpha value is -1.94. The summed E-state index contributed by atoms with van der Waals surface area (Å²) >= 11 is 1.32. The molecule has 162 valence electrons. The fraction of sp³-hybridized carbons (Fsp3) is 0.476. The molecule has 1 unspecified atom stereocenters. The van der Waals surface area contributed by atoms with Gasteiger partial charge in [0.05, 0.1) is 19.8 Å². The summed E-state index contributed by atoms with van der Waals surface area (Å²) in [5.74, 6) is 1.37. The minimum Gasteiger partial charge on any atom is -0.379 e. The van der Waals surface area contributed by atoms with Crippen molar-refractivity contribution in [1.29, 1.82) is 0 Å². The van der Waals surface area contributed by atoms with Gasteiger partial charge in [0.25, 0.3) is 10.0 Å². The first-order valence-electron chi connectivity index (χ1n) is 10.2. The second kappa shape index (κ2) is 9.47. The van der Waals surface area contributed by atoms with Crippen molar-refractivity contribution in [3.05, 3.63) is 52.9 Å². The fourth-order valence-corrected chi connectivity index (χ4v) is 6.81. The van der Waals surface area contributed by atoms with Gasteiger partial charge in [-0.1, -0.05) is 30.3 Å². The third kappa shape index (κ3) is 4.69. The molecule has 1 aromatic heterocycles. The first-order valence-corrected chi connectivity index (χ1v) is 12.5. The molecule has 1 N–H and O–H groups in total. The van der Waals surface area contributed by atoms with Gasteiger partial charge in [-0.05, 0) is 24.1 Å². The second-order valence-electron chi connectivity index (χ2n) is 7.48. The summed E-state index contributed by atoms with van der Waals surface area (Å²) in [5.41, 5.74) is 1.37. The number of morpholine rings is 1. The van der Waals surface area contributed by atoms with Crippen LogP contribution in [0.2, 0.25) is 0 Å². The van der Waals surface area contributed by atoms with Crippen LogP contribution >= 0.6 is 11.3 Å². The number of nitrogens with one attached hydrogen (secondary N) is 1. The highest BCUT2D eigenvalue weighted by atomic mass is 32.2. The van der Waals surface area contributed by atoms with Crippen molar-refractivity contribution < 1.29 is 13.2 Å². The molecule has 3 heterocycles. The number of aliphatic imine (C=N–C) groups is 1. The Balaban J connectivity index is 1.35. The van der Waals surface area contributed by atoms with Crippen molar-refractivity contribution in [1.82, 2.24) is 14.5 Å². The standard InChI is InChI=1S/C21H28N4O3S2/c1-22-21(24-10-9-18(16-24)17-5-3-2-4-6-17)23-15-19-7-8-20(29-19)30(26,27)25-11-13-28-14-12-25/h2-8,18H,9-16H2,1H3,(H,22,23). The highest BCUT2D eigenvalue weighted by Crippen LogP contribution is 2.28. The van der Waals surface area contributed by atoms with Gasteiger partial charge in [-0.15, -0.1) is 11.3 Å². The van der Waals surface area contributed by atoms with E-state index in [2.05, 4.69) is 39.5 Å². The second-order valence-corrected chi connectivity index (χ2v) is 10.8. The van der Waals surface area contributed by atoms with Gasteiger partial charge >= 0.3 is 0 Å². The lowest BCUT2D eigenvalue weighted by molar-refractivity contribution is 0.0731. The van der Waals surface area contributed by atoms with Crippen LogP contribution in [0.5, 0.6) is 0 Å². The minimum absolute atomic E-state index is 0.390. The van der Waals surface area contributed by atoms with Gasteiger partial charge in [0, 0.05) is 44.0 Å². The van der Waals surface area contributed by atoms with Crippen molar-refractivity contribution in [2.24, 2.45) is 4.99 Å². The molecule has 2 saturated heterocycles. The maximum Gasteiger partial charge on any atom is 0.252 e. The highest BCUT2D eigenvalue weighted by Gasteiger charge is 2.28. The van der Waals surface area contributed by atoms with E-state index in [4.69, 9.17) is 4.74 Å². The van der Waals surface area contributed by atoms with Gasteiger partial charge in [0.15, 0.2) is 5.96 Å². The summed E-state index contributed by atoms with van der Waals surface area (Å²) in [5, 5.41) is 3.40. The topological polar surface area (TPSA) is 74.2 Å². The number of rotatable bonds is 5. The summed E-state index contributed by atoms with van der Waals surface area (Å²) in [4.78, 5) is 7.69. The first-order chi connectivity index (χ1) is 14.6. The number of likely N-dealkylation sites (tertiary alicyclic amines) is 1. The molecule has 0 radical (unpaired) electrons. The summed E-state index contributed by atoms with van der Waals surface area (Å²) in [7, 11) is -1.64. The Labute approximate surface area is 182 Å². The average molecular weight is 449 g/mol. The number of benzene rings is 1. The van der Waals surface area contributed by atoms with Gasteiger partial charge in [-0.3, -0.25) is 4.99 Å². The molecule has 0 bridgehead atoms. The van der Waals surface area contributed by atoms with Crippen molar-refractivity contribution >= 4 is 27.3 Å². The van der Waals surface area contributed by atoms with Gasteiger partial charge in [-0.25, -0.2) is 8.42 Å². The smallest absolute Gasteiger partial charge is 0.252 e. The van der Waals surface area contributed by atoms with Crippen molar-refractivity contribution in [3.63, 3.8) is 0 Å². The zero-order valence-electron chi connectivity index (χ0n) is 17.2. The largest absolute Gasteiger partial charge is 0.379 e. The number of thiophene rings is 1. The molecule has 0 spiro atoms. The number of hydrogen-bond acceptors (Lipinski definition) is 5. The average Bonchev–Trinajstić information content (AvgIpc) is 3.46. The molecule has 2 aliphatic rings. The summed E-state index contributed by atoms with van der Waals surface area (Å²) in [6.45, 7) is 4.19. The van der Waals surface area contributed by atoms with E-state index in [9.17, 15) is 8.42 Å². The Morgan fingerprint density at radius 3 is 2.67 bits per heavy atom. The molecule has 0 amide bonds. The molecule has 1 aromatic carbocycles. The SMILES string of the molecule is CN=C(NCc1ccc(S(=O)(=O)N2CCOCC2)s1)N1CCC(c2ccccc2)C1. The summed E-state index contributed by atoms with van der Waals surface area (Å²) in [6, 6.07) is 14.2. The molecule has 4 rings (SSSR count). The van der Waals surface area contributed by atoms with Gasteiger partial charge < -0.3 is 15.0 Å². The molecule has 1 atom stereocenters. The fourth-order valence-electron chi connectivity index (χ4n) is 3.95. The zero-order valence-corrected chi connectivity index (χ0v) is 18.8. The van der Waals surface area contributed by atoms with Gasteiger partial charge in [0.1, 0.15) is 4.21 Å². The van der Waals surface area contributed by atoms with E-state index in [1.54, 1.807) is 13.1 Å². The number of hydrogen-bond donors (Lipinski definition) is 1. The van der Waals surface area contributed by atoms with Crippen molar-refractivity contribution in [2.75, 3.05) is 46.4 Å². The van der Waals surface area contributed by atoms with E-state index in [1.165, 1.54) is 21.2 Å². The number of sulfonamides is 1. The number of guanidine groups is 1. The van der Waals surface area contributed by atoms with E-state index < -0.39 is 10.0 Å². The Bertz CT molecular complexity index is 969. The van der Waals surface area contributed by atoms with Crippen LogP contribution in [0.4, 0.5) is 0 Å². The minimum atomic E-state index is -3.44. The molecule has 0 saturated carbocycles. The van der Waals surface area contributed by atoms with Crippen LogP contribution in [-0.4, -0.2) is 70.0 Å². The van der Waals surface area contributed by atoms with Crippen LogP contribution in [0.3, 0.4) is 0 Å². The van der Waals surface area contributed by atoms with Crippen LogP contribution in [0.1, 0.15) is 22.8 Å². The van der Waals surface area contributed by atoms with Crippen molar-refractivity contribution in [3.8, 4) is 0 Å². The summed E-state index contributed by atoms with van der Waals surface area (Å²) in [6.07, 6.45) is 1.10. The third-order valence-corrected chi connectivity index (χ3v) is 9.04. The van der Waals surface area contributed by atoms with Crippen LogP contribution in [0.15, 0.2) is 51.7 Å². The summed E-state index contributed by atoms with van der Waals surface area (Å²) < 4.78 is 32.8. The molecule has 0 aliphatic carbocycles. The lowest BCUT2D eigenvalue weighted by Gasteiger charge is -2.25. The Morgan fingerprint density at radius 2 is 1.93 bits per heavy atom. The maximum atomic E-state index is 12.8. The molecule has 30 heavy (non-hydrogen) atoms. The van der Waals surface area contributed by atoms with Crippen LogP contribution in [-0.2, 0) is 21.3 Å². The van der Waals surface area contributed by atoms with Crippen molar-refractivity contribution in [2.45, 2.75) is 23.1 Å². The predicted octanol–water partition coefficient (Wildman–Crippen LogP) is 2.33. The monoisotopic (exact) mass is 448 g/mol. The van der Waals surface area contributed by atoms with Crippen LogP contribution < -0.4 is 5.32 Å². The van der Waals surface area contributed by atoms with E-state index in [1.807, 2.05) is 12.1 Å². The van der Waals surface area contributed by atoms with E-state index >= 15 is 0 Å². The highest BCUT2D eigenvalue weighted by molar-refractivity contribution is 7.91. The molecule has 2 aliphatic heterocycles. The molecule has 9 heteroatoms. The maximum absolute atomic E-state index is 12.8. The van der Waals surface area contributed by atoms with Gasteiger partial charge in [-0.2, -0.15) is 4.31 Å². The number of ether oxygens (including phenoxy) is 1. The molecular formula is C21H28N4O3S2. The zero-order chi connectivity index (χ0) is 21.0. The van der Waals surface area contributed by atoms with Crippen LogP contribution in [0, 0.1) is 0 Å². The van der Waals surface area contributed by atoms with Gasteiger partial charge in [0.2, 0.25) is 0 Å². The van der Waals surface area contributed by atoms with E-state index in [-0.39, 0.29) is 0 Å². The Morgan fingerprint density at radius 1 is 1.17 bits per heavy atom.